The van der Waals surface area contributed by atoms with Gasteiger partial charge < -0.3 is 14.5 Å². The molecule has 2 aliphatic rings. The van der Waals surface area contributed by atoms with Crippen LogP contribution in [0.15, 0.2) is 24.3 Å². The van der Waals surface area contributed by atoms with Crippen molar-refractivity contribution in [1.29, 1.82) is 0 Å². The van der Waals surface area contributed by atoms with Gasteiger partial charge in [-0.2, -0.15) is 0 Å². The van der Waals surface area contributed by atoms with Gasteiger partial charge in [0.1, 0.15) is 5.75 Å². The fourth-order valence-corrected chi connectivity index (χ4v) is 3.08. The van der Waals surface area contributed by atoms with Gasteiger partial charge >= 0.3 is 0 Å². The first-order chi connectivity index (χ1) is 10.2. The maximum absolute atomic E-state index is 11.7. The Bertz CT molecular complexity index is 536. The van der Waals surface area contributed by atoms with E-state index in [-0.39, 0.29) is 17.9 Å². The molecule has 3 rings (SSSR count). The highest BCUT2D eigenvalue weighted by Crippen LogP contribution is 2.19. The predicted molar refractivity (Wildman–Crippen MR) is 77.5 cm³/mol. The number of piperazine rings is 1. The lowest BCUT2D eigenvalue weighted by molar-refractivity contribution is -0.915. The van der Waals surface area contributed by atoms with Crippen LogP contribution < -0.4 is 19.9 Å². The Morgan fingerprint density at radius 2 is 1.86 bits per heavy atom. The minimum Gasteiger partial charge on any atom is -0.497 e. The highest BCUT2D eigenvalue weighted by atomic mass is 16.5. The minimum absolute atomic E-state index is 0.118. The molecular formula is C15H20N3O3+. The van der Waals surface area contributed by atoms with Gasteiger partial charge in [0.25, 0.3) is 5.91 Å². The van der Waals surface area contributed by atoms with E-state index in [0.717, 1.165) is 31.9 Å². The maximum Gasteiger partial charge on any atom is 0.285 e. The molecule has 0 aromatic heterocycles. The molecule has 2 amide bonds. The Labute approximate surface area is 123 Å². The Morgan fingerprint density at radius 1 is 1.19 bits per heavy atom. The molecule has 2 saturated heterocycles. The molecular weight excluding hydrogens is 270 g/mol. The molecule has 2 N–H and O–H groups in total. The smallest absolute Gasteiger partial charge is 0.285 e. The second-order valence-corrected chi connectivity index (χ2v) is 5.51. The third-order valence-corrected chi connectivity index (χ3v) is 4.30. The van der Waals surface area contributed by atoms with Crippen LogP contribution in [0.2, 0.25) is 0 Å². The summed E-state index contributed by atoms with van der Waals surface area (Å²) in [6.45, 7) is 3.52. The Morgan fingerprint density at radius 3 is 2.38 bits per heavy atom. The van der Waals surface area contributed by atoms with Crippen molar-refractivity contribution in [3.8, 4) is 5.75 Å². The van der Waals surface area contributed by atoms with Crippen molar-refractivity contribution in [2.45, 2.75) is 12.5 Å². The molecule has 0 saturated carbocycles. The van der Waals surface area contributed by atoms with Crippen LogP contribution in [0, 0.1) is 0 Å². The molecule has 112 valence electrons. The number of nitrogens with one attached hydrogen (secondary N) is 2. The summed E-state index contributed by atoms with van der Waals surface area (Å²) in [7, 11) is 1.66. The van der Waals surface area contributed by atoms with E-state index in [9.17, 15) is 9.59 Å². The van der Waals surface area contributed by atoms with E-state index in [2.05, 4.69) is 22.3 Å². The van der Waals surface area contributed by atoms with Crippen molar-refractivity contribution in [2.75, 3.05) is 38.2 Å². The van der Waals surface area contributed by atoms with E-state index in [0.29, 0.717) is 6.42 Å². The standard InChI is InChI=1S/C15H19N3O3/c1-21-12-4-2-11(3-5-12)17-6-8-18(9-7-17)13-10-14(19)16-15(13)20/h2-5,13H,6-10H2,1H3,(H,16,19,20)/p+1/t13-/m0/s1. The molecule has 1 aromatic carbocycles. The average Bonchev–Trinajstić information content (AvgIpc) is 2.86. The van der Waals surface area contributed by atoms with Crippen LogP contribution in [0.25, 0.3) is 0 Å². The van der Waals surface area contributed by atoms with Gasteiger partial charge in [0, 0.05) is 5.69 Å². The average molecular weight is 290 g/mol. The van der Waals surface area contributed by atoms with E-state index < -0.39 is 0 Å². The summed E-state index contributed by atoms with van der Waals surface area (Å²) in [6.07, 6.45) is 0.330. The van der Waals surface area contributed by atoms with Gasteiger partial charge in [-0.05, 0) is 24.3 Å². The number of ether oxygens (including phenoxy) is 1. The van der Waals surface area contributed by atoms with Gasteiger partial charge in [0.05, 0.1) is 39.7 Å². The van der Waals surface area contributed by atoms with E-state index in [1.54, 1.807) is 7.11 Å². The summed E-state index contributed by atoms with van der Waals surface area (Å²) in [4.78, 5) is 26.5. The van der Waals surface area contributed by atoms with E-state index >= 15 is 0 Å². The highest BCUT2D eigenvalue weighted by Gasteiger charge is 2.40. The molecule has 0 bridgehead atoms. The maximum atomic E-state index is 11.7. The number of hydrogen-bond donors (Lipinski definition) is 2. The number of quaternary nitrogens is 1. The molecule has 2 heterocycles. The summed E-state index contributed by atoms with van der Waals surface area (Å²) in [6, 6.07) is 7.82. The predicted octanol–water partition coefficient (Wildman–Crippen LogP) is -1.18. The second kappa shape index (κ2) is 5.73. The number of rotatable bonds is 3. The number of nitrogens with zero attached hydrogens (tertiary/aromatic N) is 1. The van der Waals surface area contributed by atoms with Crippen LogP contribution in [-0.4, -0.2) is 51.1 Å². The van der Waals surface area contributed by atoms with E-state index in [1.807, 2.05) is 12.1 Å². The number of imide groups is 1. The number of methoxy groups -OCH3 is 1. The van der Waals surface area contributed by atoms with Crippen molar-refractivity contribution in [3.05, 3.63) is 24.3 Å². The van der Waals surface area contributed by atoms with Crippen LogP contribution >= 0.6 is 0 Å². The number of hydrogen-bond acceptors (Lipinski definition) is 4. The monoisotopic (exact) mass is 290 g/mol. The van der Waals surface area contributed by atoms with Crippen LogP contribution in [-0.2, 0) is 9.59 Å². The molecule has 0 aliphatic carbocycles. The molecule has 0 spiro atoms. The van der Waals surface area contributed by atoms with Crippen LogP contribution in [0.1, 0.15) is 6.42 Å². The molecule has 2 aliphatic heterocycles. The van der Waals surface area contributed by atoms with Crippen LogP contribution in [0.5, 0.6) is 5.75 Å². The number of carbonyl (C=O) groups is 2. The molecule has 0 unspecified atom stereocenters. The van der Waals surface area contributed by atoms with Gasteiger partial charge in [0.2, 0.25) is 5.91 Å². The summed E-state index contributed by atoms with van der Waals surface area (Å²) in [5.74, 6) is 0.590. The molecule has 1 aromatic rings. The molecule has 6 heteroatoms. The third-order valence-electron chi connectivity index (χ3n) is 4.30. The Kier molecular flexibility index (Phi) is 3.79. The Balaban J connectivity index is 1.59. The Hall–Kier alpha value is -2.08. The van der Waals surface area contributed by atoms with Crippen LogP contribution in [0.4, 0.5) is 5.69 Å². The second-order valence-electron chi connectivity index (χ2n) is 5.51. The lowest BCUT2D eigenvalue weighted by Gasteiger charge is -2.35. The normalized spacial score (nSPS) is 23.3. The number of benzene rings is 1. The fourth-order valence-electron chi connectivity index (χ4n) is 3.08. The molecule has 2 fully saturated rings. The lowest BCUT2D eigenvalue weighted by Crippen LogP contribution is -3.19. The topological polar surface area (TPSA) is 63.1 Å². The quantitative estimate of drug-likeness (QED) is 0.688. The summed E-state index contributed by atoms with van der Waals surface area (Å²) in [5.41, 5.74) is 1.17. The van der Waals surface area contributed by atoms with Crippen molar-refractivity contribution < 1.29 is 19.2 Å². The highest BCUT2D eigenvalue weighted by molar-refractivity contribution is 6.04. The first-order valence-corrected chi connectivity index (χ1v) is 7.24. The van der Waals surface area contributed by atoms with Gasteiger partial charge in [-0.15, -0.1) is 0 Å². The van der Waals surface area contributed by atoms with Gasteiger partial charge in [-0.1, -0.05) is 0 Å². The van der Waals surface area contributed by atoms with E-state index in [1.165, 1.54) is 10.6 Å². The SMILES string of the molecule is COc1ccc(N2CC[NH+]([C@H]3CC(=O)NC3=O)CC2)cc1. The zero-order valence-corrected chi connectivity index (χ0v) is 12.1. The number of anilines is 1. The van der Waals surface area contributed by atoms with Gasteiger partial charge in [-0.3, -0.25) is 14.9 Å². The van der Waals surface area contributed by atoms with Gasteiger partial charge in [0.15, 0.2) is 6.04 Å². The largest absolute Gasteiger partial charge is 0.497 e. The molecule has 21 heavy (non-hydrogen) atoms. The fraction of sp³-hybridized carbons (Fsp3) is 0.467. The molecule has 1 atom stereocenters. The number of carbonyl (C=O) groups excluding carboxylic acids is 2. The lowest BCUT2D eigenvalue weighted by atomic mass is 10.1. The van der Waals surface area contributed by atoms with Crippen molar-refractivity contribution in [2.24, 2.45) is 0 Å². The van der Waals surface area contributed by atoms with Crippen molar-refractivity contribution in [3.63, 3.8) is 0 Å². The van der Waals surface area contributed by atoms with Crippen LogP contribution in [0.3, 0.4) is 0 Å². The summed E-state index contributed by atoms with van der Waals surface area (Å²) < 4.78 is 5.16. The zero-order valence-electron chi connectivity index (χ0n) is 12.1. The summed E-state index contributed by atoms with van der Waals surface area (Å²) in [5, 5.41) is 2.39. The molecule has 6 nitrogen and oxygen atoms in total. The molecule has 0 radical (unpaired) electrons. The third kappa shape index (κ3) is 2.85. The van der Waals surface area contributed by atoms with Gasteiger partial charge in [-0.25, -0.2) is 0 Å². The summed E-state index contributed by atoms with van der Waals surface area (Å²) >= 11 is 0. The number of amides is 2. The van der Waals surface area contributed by atoms with E-state index in [4.69, 9.17) is 4.74 Å². The first kappa shape index (κ1) is 13.9. The van der Waals surface area contributed by atoms with Crippen molar-refractivity contribution in [1.82, 2.24) is 5.32 Å². The minimum atomic E-state index is -0.199. The van der Waals surface area contributed by atoms with Crippen molar-refractivity contribution >= 4 is 17.5 Å². The first-order valence-electron chi connectivity index (χ1n) is 7.24. The zero-order chi connectivity index (χ0) is 14.8.